The third-order valence-corrected chi connectivity index (χ3v) is 4.05. The van der Waals surface area contributed by atoms with E-state index >= 15 is 0 Å². The monoisotopic (exact) mass is 346 g/mol. The minimum atomic E-state index is -0.896. The predicted octanol–water partition coefficient (Wildman–Crippen LogP) is 0.350. The number of aromatic nitrogens is 2. The molecule has 2 aromatic rings. The van der Waals surface area contributed by atoms with Crippen molar-refractivity contribution in [3.8, 4) is 0 Å². The van der Waals surface area contributed by atoms with E-state index in [1.54, 1.807) is 37.3 Å². The lowest BCUT2D eigenvalue weighted by molar-refractivity contribution is -0.0532. The summed E-state index contributed by atoms with van der Waals surface area (Å²) in [7, 11) is 0. The van der Waals surface area contributed by atoms with Crippen LogP contribution in [0.15, 0.2) is 46.1 Å². The summed E-state index contributed by atoms with van der Waals surface area (Å²) in [6, 6.07) is 8.48. The van der Waals surface area contributed by atoms with Crippen LogP contribution in [0, 0.1) is 6.92 Å². The van der Waals surface area contributed by atoms with Crippen LogP contribution in [0.5, 0.6) is 0 Å². The Balaban J connectivity index is 1.66. The number of esters is 1. The second-order valence-electron chi connectivity index (χ2n) is 5.88. The summed E-state index contributed by atoms with van der Waals surface area (Å²) in [5, 5.41) is 10.1. The van der Waals surface area contributed by atoms with E-state index in [1.165, 1.54) is 10.8 Å². The zero-order valence-electron chi connectivity index (χ0n) is 13.5. The van der Waals surface area contributed by atoms with Crippen LogP contribution in [0.1, 0.15) is 28.6 Å². The van der Waals surface area contributed by atoms with E-state index < -0.39 is 35.7 Å². The molecule has 1 aromatic carbocycles. The SMILES string of the molecule is Cc1cn([C@H]2C[C@@H](O)[C@H](COC(=O)c3ccccc3)O2)c(=O)[nH]c1=O. The number of ether oxygens (including phenoxy) is 2. The van der Waals surface area contributed by atoms with Gasteiger partial charge in [-0.1, -0.05) is 18.2 Å². The number of benzene rings is 1. The number of aliphatic hydroxyl groups excluding tert-OH is 1. The number of hydrogen-bond acceptors (Lipinski definition) is 6. The van der Waals surface area contributed by atoms with Gasteiger partial charge in [0, 0.05) is 18.2 Å². The topological polar surface area (TPSA) is 111 Å². The van der Waals surface area contributed by atoms with Crippen molar-refractivity contribution in [1.29, 1.82) is 0 Å². The van der Waals surface area contributed by atoms with Crippen LogP contribution >= 0.6 is 0 Å². The van der Waals surface area contributed by atoms with Gasteiger partial charge in [-0.2, -0.15) is 0 Å². The zero-order valence-corrected chi connectivity index (χ0v) is 13.5. The van der Waals surface area contributed by atoms with Gasteiger partial charge in [0.1, 0.15) is 18.9 Å². The van der Waals surface area contributed by atoms with E-state index in [9.17, 15) is 19.5 Å². The van der Waals surface area contributed by atoms with Crippen LogP contribution in [0.4, 0.5) is 0 Å². The molecule has 0 bridgehead atoms. The number of carbonyl (C=O) groups excluding carboxylic acids is 1. The van der Waals surface area contributed by atoms with Gasteiger partial charge in [-0.3, -0.25) is 14.3 Å². The number of nitrogens with zero attached hydrogens (tertiary/aromatic N) is 1. The van der Waals surface area contributed by atoms with E-state index in [0.717, 1.165) is 0 Å². The third kappa shape index (κ3) is 3.70. The molecule has 0 unspecified atom stereocenters. The fourth-order valence-electron chi connectivity index (χ4n) is 2.65. The van der Waals surface area contributed by atoms with E-state index in [4.69, 9.17) is 9.47 Å². The molecule has 25 heavy (non-hydrogen) atoms. The van der Waals surface area contributed by atoms with Crippen LogP contribution < -0.4 is 11.2 Å². The number of carbonyl (C=O) groups is 1. The van der Waals surface area contributed by atoms with Crippen molar-refractivity contribution in [2.45, 2.75) is 31.8 Å². The molecule has 1 aliphatic heterocycles. The number of H-pyrrole nitrogens is 1. The first-order valence-electron chi connectivity index (χ1n) is 7.83. The summed E-state index contributed by atoms with van der Waals surface area (Å²) in [5.41, 5.74) is -0.321. The molecule has 0 radical (unpaired) electrons. The average Bonchev–Trinajstić information content (AvgIpc) is 2.97. The summed E-state index contributed by atoms with van der Waals surface area (Å²) in [5.74, 6) is -0.517. The molecule has 2 heterocycles. The van der Waals surface area contributed by atoms with Crippen LogP contribution in [-0.4, -0.2) is 39.4 Å². The molecule has 8 nitrogen and oxygen atoms in total. The van der Waals surface area contributed by atoms with Gasteiger partial charge in [0.25, 0.3) is 5.56 Å². The number of aromatic amines is 1. The summed E-state index contributed by atoms with van der Waals surface area (Å²) < 4.78 is 12.0. The Morgan fingerprint density at radius 2 is 2.08 bits per heavy atom. The Morgan fingerprint density at radius 1 is 1.36 bits per heavy atom. The Labute approximate surface area is 142 Å². The van der Waals surface area contributed by atoms with Gasteiger partial charge in [-0.15, -0.1) is 0 Å². The van der Waals surface area contributed by atoms with Gasteiger partial charge in [-0.05, 0) is 19.1 Å². The molecular weight excluding hydrogens is 328 g/mol. The second-order valence-corrected chi connectivity index (χ2v) is 5.88. The smallest absolute Gasteiger partial charge is 0.338 e. The molecule has 3 rings (SSSR count). The Kier molecular flexibility index (Phi) is 4.82. The van der Waals surface area contributed by atoms with Crippen molar-refractivity contribution in [2.24, 2.45) is 0 Å². The van der Waals surface area contributed by atoms with Crippen LogP contribution in [0.25, 0.3) is 0 Å². The molecule has 132 valence electrons. The number of rotatable bonds is 4. The van der Waals surface area contributed by atoms with Crippen molar-refractivity contribution < 1.29 is 19.4 Å². The van der Waals surface area contributed by atoms with Crippen molar-refractivity contribution in [2.75, 3.05) is 6.61 Å². The fourth-order valence-corrected chi connectivity index (χ4v) is 2.65. The number of hydrogen-bond donors (Lipinski definition) is 2. The molecule has 1 aliphatic rings. The Hall–Kier alpha value is -2.71. The highest BCUT2D eigenvalue weighted by atomic mass is 16.6. The first-order chi connectivity index (χ1) is 12.0. The highest BCUT2D eigenvalue weighted by molar-refractivity contribution is 5.89. The Morgan fingerprint density at radius 3 is 2.80 bits per heavy atom. The normalized spacial score (nSPS) is 22.7. The van der Waals surface area contributed by atoms with E-state index in [2.05, 4.69) is 4.98 Å². The fraction of sp³-hybridized carbons (Fsp3) is 0.353. The van der Waals surface area contributed by atoms with Gasteiger partial charge >= 0.3 is 11.7 Å². The van der Waals surface area contributed by atoms with Gasteiger partial charge < -0.3 is 14.6 Å². The Bertz CT molecular complexity index is 873. The lowest BCUT2D eigenvalue weighted by Crippen LogP contribution is -2.33. The predicted molar refractivity (Wildman–Crippen MR) is 87.3 cm³/mol. The molecule has 2 N–H and O–H groups in total. The number of aryl methyl sites for hydroxylation is 1. The lowest BCUT2D eigenvalue weighted by Gasteiger charge is -2.16. The molecular formula is C17H18N2O6. The summed E-state index contributed by atoms with van der Waals surface area (Å²) in [4.78, 5) is 37.5. The standard InChI is InChI=1S/C17H18N2O6/c1-10-8-19(17(23)18-15(10)21)14-7-12(20)13(25-14)9-24-16(22)11-5-3-2-4-6-11/h2-6,8,12-14,20H,7,9H2,1H3,(H,18,21,23)/t12-,13+,14-/m1/s1. The summed E-state index contributed by atoms with van der Waals surface area (Å²) >= 11 is 0. The van der Waals surface area contributed by atoms with E-state index in [0.29, 0.717) is 11.1 Å². The van der Waals surface area contributed by atoms with Crippen molar-refractivity contribution in [1.82, 2.24) is 9.55 Å². The molecule has 0 aliphatic carbocycles. The highest BCUT2D eigenvalue weighted by Gasteiger charge is 2.36. The van der Waals surface area contributed by atoms with Crippen LogP contribution in [-0.2, 0) is 9.47 Å². The van der Waals surface area contributed by atoms with Gasteiger partial charge in [0.05, 0.1) is 11.7 Å². The lowest BCUT2D eigenvalue weighted by atomic mass is 10.2. The minimum Gasteiger partial charge on any atom is -0.459 e. The van der Waals surface area contributed by atoms with Crippen molar-refractivity contribution >= 4 is 5.97 Å². The summed E-state index contributed by atoms with van der Waals surface area (Å²) in [6.45, 7) is 1.43. The molecule has 1 aromatic heterocycles. The zero-order chi connectivity index (χ0) is 18.0. The molecule has 1 saturated heterocycles. The average molecular weight is 346 g/mol. The van der Waals surface area contributed by atoms with Crippen LogP contribution in [0.3, 0.4) is 0 Å². The first-order valence-corrected chi connectivity index (χ1v) is 7.83. The number of nitrogens with one attached hydrogen (secondary N) is 1. The van der Waals surface area contributed by atoms with Crippen molar-refractivity contribution in [3.63, 3.8) is 0 Å². The second kappa shape index (κ2) is 7.04. The van der Waals surface area contributed by atoms with Gasteiger partial charge in [0.15, 0.2) is 0 Å². The molecule has 0 saturated carbocycles. The maximum absolute atomic E-state index is 11.9. The molecule has 0 amide bonds. The van der Waals surface area contributed by atoms with Crippen LogP contribution in [0.2, 0.25) is 0 Å². The van der Waals surface area contributed by atoms with Crippen molar-refractivity contribution in [3.05, 3.63) is 68.5 Å². The largest absolute Gasteiger partial charge is 0.459 e. The third-order valence-electron chi connectivity index (χ3n) is 4.05. The first kappa shape index (κ1) is 17.1. The van der Waals surface area contributed by atoms with E-state index in [-0.39, 0.29) is 13.0 Å². The number of aliphatic hydroxyl groups is 1. The maximum atomic E-state index is 11.9. The maximum Gasteiger partial charge on any atom is 0.338 e. The molecule has 8 heteroatoms. The molecule has 0 spiro atoms. The van der Waals surface area contributed by atoms with Gasteiger partial charge in [0.2, 0.25) is 0 Å². The minimum absolute atomic E-state index is 0.136. The molecule has 3 atom stereocenters. The summed E-state index contributed by atoms with van der Waals surface area (Å²) in [6.07, 6.45) is -0.849. The highest BCUT2D eigenvalue weighted by Crippen LogP contribution is 2.27. The molecule has 1 fully saturated rings. The van der Waals surface area contributed by atoms with E-state index in [1.807, 2.05) is 0 Å². The quantitative estimate of drug-likeness (QED) is 0.773. The van der Waals surface area contributed by atoms with Gasteiger partial charge in [-0.25, -0.2) is 9.59 Å².